The van der Waals surface area contributed by atoms with Crippen LogP contribution in [0.2, 0.25) is 0 Å². The van der Waals surface area contributed by atoms with Crippen molar-refractivity contribution in [3.63, 3.8) is 0 Å². The summed E-state index contributed by atoms with van der Waals surface area (Å²) in [6.45, 7) is 0. The zero-order chi connectivity index (χ0) is 19.1. The van der Waals surface area contributed by atoms with Gasteiger partial charge in [0.15, 0.2) is 17.1 Å². The Balaban J connectivity index is 1.50. The first-order chi connectivity index (χ1) is 13.7. The fourth-order valence-corrected chi connectivity index (χ4v) is 3.81. The summed E-state index contributed by atoms with van der Waals surface area (Å²) in [5.74, 6) is 0.922. The molecule has 0 fully saturated rings. The summed E-state index contributed by atoms with van der Waals surface area (Å²) in [4.78, 5) is 9.06. The first-order valence-corrected chi connectivity index (χ1v) is 9.15. The van der Waals surface area contributed by atoms with E-state index in [1.807, 2.05) is 4.68 Å². The number of aromatic hydroxyl groups is 1. The smallest absolute Gasteiger partial charge is 0.229 e. The number of hydrogen-bond donors (Lipinski definition) is 2. The van der Waals surface area contributed by atoms with Gasteiger partial charge < -0.3 is 15.2 Å². The molecule has 0 bridgehead atoms. The molecule has 0 spiro atoms. The van der Waals surface area contributed by atoms with Gasteiger partial charge in [0, 0.05) is 18.0 Å². The van der Waals surface area contributed by atoms with Gasteiger partial charge in [0.1, 0.15) is 0 Å². The summed E-state index contributed by atoms with van der Waals surface area (Å²) in [6.07, 6.45) is 5.62. The second kappa shape index (κ2) is 6.53. The van der Waals surface area contributed by atoms with Gasteiger partial charge in [0.25, 0.3) is 0 Å². The number of aryl methyl sites for hydroxylation is 1. The molecular weight excluding hydrogens is 354 g/mol. The molecule has 2 aromatic heterocycles. The SMILES string of the molecule is COc1ccc(Nc2ncc3cnn(C4CCc5ccccc54)c3n2)cc1O. The Morgan fingerprint density at radius 1 is 1.18 bits per heavy atom. The Labute approximate surface area is 161 Å². The molecule has 2 N–H and O–H groups in total. The van der Waals surface area contributed by atoms with Gasteiger partial charge in [-0.25, -0.2) is 9.67 Å². The average molecular weight is 373 g/mol. The van der Waals surface area contributed by atoms with Gasteiger partial charge >= 0.3 is 0 Å². The number of hydrogen-bond acceptors (Lipinski definition) is 6. The van der Waals surface area contributed by atoms with Crippen molar-refractivity contribution in [1.29, 1.82) is 0 Å². The van der Waals surface area contributed by atoms with Crippen LogP contribution in [0.1, 0.15) is 23.6 Å². The topological polar surface area (TPSA) is 85.1 Å². The van der Waals surface area contributed by atoms with E-state index in [1.54, 1.807) is 30.6 Å². The van der Waals surface area contributed by atoms with Crippen LogP contribution in [0.15, 0.2) is 54.9 Å². The molecule has 2 aromatic carbocycles. The number of aromatic nitrogens is 4. The molecule has 2 heterocycles. The number of phenolic OH excluding ortho intramolecular Hbond substituents is 1. The highest BCUT2D eigenvalue weighted by Crippen LogP contribution is 2.35. The molecule has 0 amide bonds. The quantitative estimate of drug-likeness (QED) is 0.566. The van der Waals surface area contributed by atoms with E-state index in [1.165, 1.54) is 18.2 Å². The Morgan fingerprint density at radius 2 is 2.07 bits per heavy atom. The summed E-state index contributed by atoms with van der Waals surface area (Å²) in [5, 5.41) is 18.6. The van der Waals surface area contributed by atoms with E-state index >= 15 is 0 Å². The van der Waals surface area contributed by atoms with E-state index in [2.05, 4.69) is 44.6 Å². The lowest BCUT2D eigenvalue weighted by Crippen LogP contribution is -2.10. The monoisotopic (exact) mass is 373 g/mol. The lowest BCUT2D eigenvalue weighted by Gasteiger charge is -2.13. The van der Waals surface area contributed by atoms with Crippen molar-refractivity contribution in [3.05, 3.63) is 66.0 Å². The van der Waals surface area contributed by atoms with Gasteiger partial charge in [0.2, 0.25) is 5.95 Å². The van der Waals surface area contributed by atoms with Crippen LogP contribution in [0.5, 0.6) is 11.5 Å². The number of benzene rings is 2. The number of ether oxygens (including phenoxy) is 1. The van der Waals surface area contributed by atoms with Gasteiger partial charge in [-0.1, -0.05) is 24.3 Å². The van der Waals surface area contributed by atoms with E-state index in [-0.39, 0.29) is 11.8 Å². The number of anilines is 2. The van der Waals surface area contributed by atoms with Crippen molar-refractivity contribution in [2.45, 2.75) is 18.9 Å². The van der Waals surface area contributed by atoms with Crippen LogP contribution in [-0.2, 0) is 6.42 Å². The summed E-state index contributed by atoms with van der Waals surface area (Å²) >= 11 is 0. The second-order valence-electron chi connectivity index (χ2n) is 6.83. The molecule has 0 radical (unpaired) electrons. The van der Waals surface area contributed by atoms with E-state index in [9.17, 15) is 5.11 Å². The molecule has 7 nitrogen and oxygen atoms in total. The van der Waals surface area contributed by atoms with Gasteiger partial charge in [0.05, 0.1) is 24.7 Å². The standard InChI is InChI=1S/C21H19N5O2/c1-28-19-9-7-15(10-18(19)27)24-21-22-11-14-12-23-26(20(14)25-21)17-8-6-13-4-2-3-5-16(13)17/h2-5,7,9-12,17,27H,6,8H2,1H3,(H,22,24,25). The van der Waals surface area contributed by atoms with Crippen LogP contribution in [0.4, 0.5) is 11.6 Å². The van der Waals surface area contributed by atoms with Crippen molar-refractivity contribution in [2.24, 2.45) is 0 Å². The van der Waals surface area contributed by atoms with E-state index in [0.717, 1.165) is 23.9 Å². The number of methoxy groups -OCH3 is 1. The Bertz CT molecular complexity index is 1170. The van der Waals surface area contributed by atoms with E-state index in [4.69, 9.17) is 4.74 Å². The molecule has 7 heteroatoms. The maximum atomic E-state index is 9.97. The third-order valence-electron chi connectivity index (χ3n) is 5.17. The first kappa shape index (κ1) is 16.6. The van der Waals surface area contributed by atoms with E-state index < -0.39 is 0 Å². The molecular formula is C21H19N5O2. The molecule has 0 saturated heterocycles. The molecule has 140 valence electrons. The number of phenols is 1. The van der Waals surface area contributed by atoms with Crippen LogP contribution >= 0.6 is 0 Å². The molecule has 1 atom stereocenters. The van der Waals surface area contributed by atoms with Crippen LogP contribution in [0.3, 0.4) is 0 Å². The third-order valence-corrected chi connectivity index (χ3v) is 5.17. The molecule has 0 saturated carbocycles. The van der Waals surface area contributed by atoms with Crippen LogP contribution in [0, 0.1) is 0 Å². The lowest BCUT2D eigenvalue weighted by molar-refractivity contribution is 0.373. The maximum Gasteiger partial charge on any atom is 0.229 e. The minimum Gasteiger partial charge on any atom is -0.504 e. The molecule has 1 unspecified atom stereocenters. The summed E-state index contributed by atoms with van der Waals surface area (Å²) in [5.41, 5.74) is 4.14. The Kier molecular flexibility index (Phi) is 3.86. The van der Waals surface area contributed by atoms with Crippen LogP contribution < -0.4 is 10.1 Å². The molecule has 4 aromatic rings. The number of fused-ring (bicyclic) bond motifs is 2. The van der Waals surface area contributed by atoms with Crippen molar-refractivity contribution in [1.82, 2.24) is 19.7 Å². The predicted octanol–water partition coefficient (Wildman–Crippen LogP) is 3.82. The lowest BCUT2D eigenvalue weighted by atomic mass is 10.1. The van der Waals surface area contributed by atoms with Crippen molar-refractivity contribution in [2.75, 3.05) is 12.4 Å². The van der Waals surface area contributed by atoms with Gasteiger partial charge in [-0.3, -0.25) is 0 Å². The summed E-state index contributed by atoms with van der Waals surface area (Å²) < 4.78 is 7.06. The first-order valence-electron chi connectivity index (χ1n) is 9.15. The Morgan fingerprint density at radius 3 is 2.93 bits per heavy atom. The minimum absolute atomic E-state index is 0.0567. The minimum atomic E-state index is 0.0567. The highest BCUT2D eigenvalue weighted by molar-refractivity contribution is 5.75. The third kappa shape index (κ3) is 2.72. The zero-order valence-electron chi connectivity index (χ0n) is 15.3. The van der Waals surface area contributed by atoms with Gasteiger partial charge in [-0.05, 0) is 36.1 Å². The highest BCUT2D eigenvalue weighted by atomic mass is 16.5. The van der Waals surface area contributed by atoms with Crippen molar-refractivity contribution >= 4 is 22.7 Å². The molecule has 5 rings (SSSR count). The second-order valence-corrected chi connectivity index (χ2v) is 6.83. The molecule has 1 aliphatic rings. The molecule has 28 heavy (non-hydrogen) atoms. The van der Waals surface area contributed by atoms with Crippen LogP contribution in [0.25, 0.3) is 11.0 Å². The predicted molar refractivity (Wildman–Crippen MR) is 106 cm³/mol. The largest absolute Gasteiger partial charge is 0.504 e. The Hall–Kier alpha value is -3.61. The number of nitrogens with zero attached hydrogens (tertiary/aromatic N) is 4. The average Bonchev–Trinajstić information content (AvgIpc) is 3.31. The summed E-state index contributed by atoms with van der Waals surface area (Å²) in [7, 11) is 1.52. The summed E-state index contributed by atoms with van der Waals surface area (Å²) in [6, 6.07) is 13.8. The molecule has 1 aliphatic carbocycles. The fourth-order valence-electron chi connectivity index (χ4n) is 3.81. The van der Waals surface area contributed by atoms with Crippen molar-refractivity contribution < 1.29 is 9.84 Å². The van der Waals surface area contributed by atoms with Gasteiger partial charge in [-0.15, -0.1) is 0 Å². The maximum absolute atomic E-state index is 9.97. The van der Waals surface area contributed by atoms with Gasteiger partial charge in [-0.2, -0.15) is 10.1 Å². The van der Waals surface area contributed by atoms with Crippen LogP contribution in [-0.4, -0.2) is 32.0 Å². The normalized spacial score (nSPS) is 15.5. The highest BCUT2D eigenvalue weighted by Gasteiger charge is 2.26. The molecule has 0 aliphatic heterocycles. The fraction of sp³-hybridized carbons (Fsp3) is 0.190. The van der Waals surface area contributed by atoms with E-state index in [0.29, 0.717) is 17.4 Å². The van der Waals surface area contributed by atoms with Crippen molar-refractivity contribution in [3.8, 4) is 11.5 Å². The zero-order valence-corrected chi connectivity index (χ0v) is 15.3. The number of nitrogens with one attached hydrogen (secondary N) is 1. The number of rotatable bonds is 4.